The molecular formula is C23H24N4O2. The van der Waals surface area contributed by atoms with Gasteiger partial charge in [-0.2, -0.15) is 5.10 Å². The van der Waals surface area contributed by atoms with Crippen LogP contribution in [-0.2, 0) is 28.0 Å². The van der Waals surface area contributed by atoms with Crippen molar-refractivity contribution in [1.82, 2.24) is 15.1 Å². The zero-order valence-corrected chi connectivity index (χ0v) is 16.6. The second-order valence-electron chi connectivity index (χ2n) is 7.63. The fraction of sp³-hybridized carbons (Fsp3) is 0.261. The van der Waals surface area contributed by atoms with Gasteiger partial charge < -0.3 is 9.80 Å². The van der Waals surface area contributed by atoms with Crippen LogP contribution in [0.1, 0.15) is 23.2 Å². The predicted molar refractivity (Wildman–Crippen MR) is 111 cm³/mol. The van der Waals surface area contributed by atoms with Gasteiger partial charge in [0.05, 0.1) is 17.7 Å². The van der Waals surface area contributed by atoms with E-state index in [9.17, 15) is 9.59 Å². The van der Waals surface area contributed by atoms with Crippen molar-refractivity contribution in [3.63, 3.8) is 0 Å². The molecule has 1 aliphatic rings. The Labute approximate surface area is 170 Å². The molecule has 6 heteroatoms. The molecule has 1 aliphatic heterocycles. The van der Waals surface area contributed by atoms with Crippen LogP contribution in [0.5, 0.6) is 0 Å². The van der Waals surface area contributed by atoms with Crippen molar-refractivity contribution < 1.29 is 9.59 Å². The Kier molecular flexibility index (Phi) is 4.92. The summed E-state index contributed by atoms with van der Waals surface area (Å²) in [6.07, 6.45) is 2.26. The molecule has 0 fully saturated rings. The van der Waals surface area contributed by atoms with Gasteiger partial charge in [-0.25, -0.2) is 0 Å². The van der Waals surface area contributed by atoms with Crippen molar-refractivity contribution in [3.8, 4) is 0 Å². The first-order valence-electron chi connectivity index (χ1n) is 9.65. The molecule has 0 spiro atoms. The highest BCUT2D eigenvalue weighted by Gasteiger charge is 2.51. The van der Waals surface area contributed by atoms with Gasteiger partial charge in [0, 0.05) is 32.4 Å². The number of amides is 2. The number of benzene rings is 2. The zero-order chi connectivity index (χ0) is 20.4. The quantitative estimate of drug-likeness (QED) is 0.706. The second-order valence-corrected chi connectivity index (χ2v) is 7.63. The van der Waals surface area contributed by atoms with E-state index >= 15 is 0 Å². The lowest BCUT2D eigenvalue weighted by Crippen LogP contribution is -2.44. The van der Waals surface area contributed by atoms with Gasteiger partial charge in [-0.3, -0.25) is 14.7 Å². The topological polar surface area (TPSA) is 69.3 Å². The third kappa shape index (κ3) is 3.42. The summed E-state index contributed by atoms with van der Waals surface area (Å²) in [5.74, 6) is -0.111. The standard InChI is InChI=1S/C23H24N4O2/c1-26(16-18-12-13-24-25-18)21(28)15-23(14-17-8-4-3-5-9-17)19-10-6-7-11-20(19)27(2)22(23)29/h3-13H,14-16H2,1-2H3,(H,24,25). The van der Waals surface area contributed by atoms with Crippen LogP contribution in [-0.4, -0.2) is 41.0 Å². The lowest BCUT2D eigenvalue weighted by molar-refractivity contribution is -0.135. The second kappa shape index (κ2) is 7.54. The number of aromatic amines is 1. The van der Waals surface area contributed by atoms with Gasteiger partial charge in [-0.1, -0.05) is 48.5 Å². The summed E-state index contributed by atoms with van der Waals surface area (Å²) in [6, 6.07) is 19.5. The average Bonchev–Trinajstić information content (AvgIpc) is 3.31. The molecule has 2 heterocycles. The van der Waals surface area contributed by atoms with Crippen molar-refractivity contribution in [3.05, 3.63) is 83.7 Å². The highest BCUT2D eigenvalue weighted by molar-refractivity contribution is 6.09. The number of likely N-dealkylation sites (N-methyl/N-ethyl adjacent to an activating group) is 1. The molecule has 0 aliphatic carbocycles. The Morgan fingerprint density at radius 3 is 2.55 bits per heavy atom. The number of rotatable bonds is 6. The van der Waals surface area contributed by atoms with Crippen molar-refractivity contribution in [2.75, 3.05) is 19.0 Å². The number of nitrogens with one attached hydrogen (secondary N) is 1. The van der Waals surface area contributed by atoms with E-state index in [1.54, 1.807) is 30.1 Å². The van der Waals surface area contributed by atoms with E-state index in [1.165, 1.54) is 0 Å². The number of H-pyrrole nitrogens is 1. The van der Waals surface area contributed by atoms with Gasteiger partial charge in [0.15, 0.2) is 0 Å². The first kappa shape index (κ1) is 18.9. The summed E-state index contributed by atoms with van der Waals surface area (Å²) in [6.45, 7) is 0.423. The molecule has 0 bridgehead atoms. The first-order valence-corrected chi connectivity index (χ1v) is 9.65. The number of hydrogen-bond acceptors (Lipinski definition) is 3. The van der Waals surface area contributed by atoms with E-state index in [4.69, 9.17) is 0 Å². The third-order valence-electron chi connectivity index (χ3n) is 5.69. The zero-order valence-electron chi connectivity index (χ0n) is 16.6. The maximum atomic E-state index is 13.5. The summed E-state index contributed by atoms with van der Waals surface area (Å²) in [5.41, 5.74) is 2.77. The largest absolute Gasteiger partial charge is 0.340 e. The number of aromatic nitrogens is 2. The molecule has 0 saturated heterocycles. The molecule has 1 aromatic heterocycles. The van der Waals surface area contributed by atoms with Crippen molar-refractivity contribution in [2.45, 2.75) is 24.8 Å². The van der Waals surface area contributed by atoms with Crippen LogP contribution in [0.4, 0.5) is 5.69 Å². The minimum absolute atomic E-state index is 0.0363. The fourth-order valence-corrected chi connectivity index (χ4v) is 4.17. The van der Waals surface area contributed by atoms with E-state index in [0.717, 1.165) is 22.5 Å². The number of para-hydroxylation sites is 1. The molecule has 0 saturated carbocycles. The van der Waals surface area contributed by atoms with Gasteiger partial charge in [0.2, 0.25) is 11.8 Å². The Balaban J connectivity index is 1.70. The van der Waals surface area contributed by atoms with Crippen LogP contribution in [0.15, 0.2) is 66.9 Å². The van der Waals surface area contributed by atoms with E-state index in [0.29, 0.717) is 13.0 Å². The minimum Gasteiger partial charge on any atom is -0.340 e. The van der Waals surface area contributed by atoms with Crippen molar-refractivity contribution in [1.29, 1.82) is 0 Å². The first-order chi connectivity index (χ1) is 14.0. The highest BCUT2D eigenvalue weighted by atomic mass is 16.2. The fourth-order valence-electron chi connectivity index (χ4n) is 4.17. The van der Waals surface area contributed by atoms with Gasteiger partial charge in [-0.05, 0) is 29.7 Å². The van der Waals surface area contributed by atoms with Crippen molar-refractivity contribution >= 4 is 17.5 Å². The molecule has 1 N–H and O–H groups in total. The number of carbonyl (C=O) groups excluding carboxylic acids is 2. The van der Waals surface area contributed by atoms with E-state index in [1.807, 2.05) is 60.7 Å². The molecule has 6 nitrogen and oxygen atoms in total. The molecular weight excluding hydrogens is 364 g/mol. The normalized spacial score (nSPS) is 18.0. The summed E-state index contributed by atoms with van der Waals surface area (Å²) in [4.78, 5) is 30.0. The Morgan fingerprint density at radius 2 is 1.83 bits per heavy atom. The minimum atomic E-state index is -0.911. The van der Waals surface area contributed by atoms with Crippen LogP contribution in [0.2, 0.25) is 0 Å². The number of nitrogens with zero attached hydrogens (tertiary/aromatic N) is 3. The SMILES string of the molecule is CN(Cc1ccn[nH]1)C(=O)CC1(Cc2ccccc2)C(=O)N(C)c2ccccc21. The number of fused-ring (bicyclic) bond motifs is 1. The molecule has 29 heavy (non-hydrogen) atoms. The molecule has 1 atom stereocenters. The van der Waals surface area contributed by atoms with E-state index < -0.39 is 5.41 Å². The number of anilines is 1. The molecule has 148 valence electrons. The number of hydrogen-bond donors (Lipinski definition) is 1. The smallest absolute Gasteiger partial charge is 0.238 e. The predicted octanol–water partition coefficient (Wildman–Crippen LogP) is 2.92. The maximum absolute atomic E-state index is 13.5. The molecule has 3 aromatic rings. The maximum Gasteiger partial charge on any atom is 0.238 e. The van der Waals surface area contributed by atoms with Crippen LogP contribution in [0.3, 0.4) is 0 Å². The Morgan fingerprint density at radius 1 is 1.10 bits per heavy atom. The van der Waals surface area contributed by atoms with Gasteiger partial charge in [-0.15, -0.1) is 0 Å². The number of carbonyl (C=O) groups is 2. The van der Waals surface area contributed by atoms with Gasteiger partial charge in [0.25, 0.3) is 0 Å². The average molecular weight is 388 g/mol. The summed E-state index contributed by atoms with van der Waals surface area (Å²) in [7, 11) is 3.54. The van der Waals surface area contributed by atoms with Gasteiger partial charge >= 0.3 is 0 Å². The van der Waals surface area contributed by atoms with E-state index in [-0.39, 0.29) is 18.2 Å². The summed E-state index contributed by atoms with van der Waals surface area (Å²) in [5, 5.41) is 6.81. The van der Waals surface area contributed by atoms with E-state index in [2.05, 4.69) is 10.2 Å². The van der Waals surface area contributed by atoms with Crippen LogP contribution < -0.4 is 4.90 Å². The Bertz CT molecular complexity index is 1020. The van der Waals surface area contributed by atoms with Crippen LogP contribution in [0.25, 0.3) is 0 Å². The van der Waals surface area contributed by atoms with Crippen LogP contribution in [0, 0.1) is 0 Å². The molecule has 0 radical (unpaired) electrons. The summed E-state index contributed by atoms with van der Waals surface area (Å²) >= 11 is 0. The molecule has 2 aromatic carbocycles. The Hall–Kier alpha value is -3.41. The lowest BCUT2D eigenvalue weighted by Gasteiger charge is -2.30. The van der Waals surface area contributed by atoms with Crippen molar-refractivity contribution in [2.24, 2.45) is 0 Å². The van der Waals surface area contributed by atoms with Gasteiger partial charge in [0.1, 0.15) is 0 Å². The third-order valence-corrected chi connectivity index (χ3v) is 5.69. The summed E-state index contributed by atoms with van der Waals surface area (Å²) < 4.78 is 0. The lowest BCUT2D eigenvalue weighted by atomic mass is 9.73. The molecule has 4 rings (SSSR count). The van der Waals surface area contributed by atoms with Crippen LogP contribution >= 0.6 is 0 Å². The monoisotopic (exact) mass is 388 g/mol. The molecule has 2 amide bonds. The molecule has 1 unspecified atom stereocenters. The highest BCUT2D eigenvalue weighted by Crippen LogP contribution is 2.45.